The standard InChI is InChI=1S/C11H22N2O4/c1-7(2)4-9(13)11(15)17-8(3)6-16-10(14)5-12/h7-9H,4-6,12-13H2,1-3H3/t8?,9-/m0/s1. The molecule has 17 heavy (non-hydrogen) atoms. The molecule has 6 heteroatoms. The molecule has 0 aliphatic rings. The molecule has 0 radical (unpaired) electrons. The largest absolute Gasteiger partial charge is 0.461 e. The van der Waals surface area contributed by atoms with Crippen LogP contribution in [0.5, 0.6) is 0 Å². The minimum absolute atomic E-state index is 0.00380. The fraction of sp³-hybridized carbons (Fsp3) is 0.818. The van der Waals surface area contributed by atoms with Crippen LogP contribution in [0.2, 0.25) is 0 Å². The Hall–Kier alpha value is -1.14. The number of hydrogen-bond donors (Lipinski definition) is 2. The molecule has 0 amide bonds. The number of esters is 2. The van der Waals surface area contributed by atoms with E-state index in [1.54, 1.807) is 6.92 Å². The van der Waals surface area contributed by atoms with Crippen molar-refractivity contribution in [2.75, 3.05) is 13.2 Å². The van der Waals surface area contributed by atoms with Crippen LogP contribution in [0.1, 0.15) is 27.2 Å². The normalized spacial score (nSPS) is 14.2. The van der Waals surface area contributed by atoms with E-state index in [0.29, 0.717) is 12.3 Å². The summed E-state index contributed by atoms with van der Waals surface area (Å²) in [4.78, 5) is 22.3. The topological polar surface area (TPSA) is 105 Å². The Morgan fingerprint density at radius 2 is 1.82 bits per heavy atom. The molecule has 0 aromatic rings. The van der Waals surface area contributed by atoms with Crippen LogP contribution in [0.3, 0.4) is 0 Å². The first kappa shape index (κ1) is 15.9. The molecule has 1 unspecified atom stereocenters. The lowest BCUT2D eigenvalue weighted by Gasteiger charge is -2.17. The van der Waals surface area contributed by atoms with Crippen molar-refractivity contribution < 1.29 is 19.1 Å². The van der Waals surface area contributed by atoms with Gasteiger partial charge in [-0.25, -0.2) is 0 Å². The molecule has 2 atom stereocenters. The molecule has 0 saturated carbocycles. The van der Waals surface area contributed by atoms with Gasteiger partial charge in [0.05, 0.1) is 6.54 Å². The summed E-state index contributed by atoms with van der Waals surface area (Å²) >= 11 is 0. The molecule has 0 aromatic heterocycles. The highest BCUT2D eigenvalue weighted by atomic mass is 16.6. The average Bonchev–Trinajstić information content (AvgIpc) is 2.24. The van der Waals surface area contributed by atoms with Gasteiger partial charge in [-0.2, -0.15) is 0 Å². The van der Waals surface area contributed by atoms with Crippen molar-refractivity contribution in [2.24, 2.45) is 17.4 Å². The van der Waals surface area contributed by atoms with Gasteiger partial charge in [0.2, 0.25) is 0 Å². The van der Waals surface area contributed by atoms with Crippen LogP contribution < -0.4 is 11.5 Å². The molecule has 0 aliphatic heterocycles. The summed E-state index contributed by atoms with van der Waals surface area (Å²) in [6, 6.07) is -0.636. The van der Waals surface area contributed by atoms with Gasteiger partial charge in [0.15, 0.2) is 0 Å². The Bertz CT molecular complexity index is 256. The van der Waals surface area contributed by atoms with Crippen molar-refractivity contribution in [3.05, 3.63) is 0 Å². The highest BCUT2D eigenvalue weighted by Gasteiger charge is 2.19. The van der Waals surface area contributed by atoms with Crippen molar-refractivity contribution in [1.82, 2.24) is 0 Å². The molecule has 0 spiro atoms. The van der Waals surface area contributed by atoms with Gasteiger partial charge in [0.1, 0.15) is 18.8 Å². The van der Waals surface area contributed by atoms with Crippen molar-refractivity contribution >= 4 is 11.9 Å². The monoisotopic (exact) mass is 246 g/mol. The second kappa shape index (κ2) is 8.03. The summed E-state index contributed by atoms with van der Waals surface area (Å²) in [6.45, 7) is 5.38. The minimum Gasteiger partial charge on any atom is -0.461 e. The molecule has 0 saturated heterocycles. The molecule has 100 valence electrons. The maximum atomic E-state index is 11.5. The van der Waals surface area contributed by atoms with Crippen LogP contribution in [0, 0.1) is 5.92 Å². The van der Waals surface area contributed by atoms with Crippen molar-refractivity contribution in [3.8, 4) is 0 Å². The summed E-state index contributed by atoms with van der Waals surface area (Å²) in [5, 5.41) is 0. The van der Waals surface area contributed by atoms with Crippen LogP contribution >= 0.6 is 0 Å². The molecular weight excluding hydrogens is 224 g/mol. The Morgan fingerprint density at radius 3 is 2.29 bits per heavy atom. The molecule has 0 bridgehead atoms. The highest BCUT2D eigenvalue weighted by molar-refractivity contribution is 5.75. The predicted molar refractivity (Wildman–Crippen MR) is 63.0 cm³/mol. The van der Waals surface area contributed by atoms with Crippen LogP contribution in [-0.4, -0.2) is 37.2 Å². The SMILES string of the molecule is CC(C)C[C@H](N)C(=O)OC(C)COC(=O)CN. The highest BCUT2D eigenvalue weighted by Crippen LogP contribution is 2.05. The molecule has 6 nitrogen and oxygen atoms in total. The van der Waals surface area contributed by atoms with E-state index >= 15 is 0 Å². The molecule has 0 rings (SSSR count). The number of rotatable bonds is 7. The average molecular weight is 246 g/mol. The first-order valence-electron chi connectivity index (χ1n) is 5.68. The summed E-state index contributed by atoms with van der Waals surface area (Å²) in [7, 11) is 0. The van der Waals surface area contributed by atoms with Gasteiger partial charge in [-0.1, -0.05) is 13.8 Å². The van der Waals surface area contributed by atoms with E-state index in [-0.39, 0.29) is 13.2 Å². The summed E-state index contributed by atoms with van der Waals surface area (Å²) in [6.07, 6.45) is 0.0462. The first-order valence-corrected chi connectivity index (χ1v) is 5.68. The van der Waals surface area contributed by atoms with E-state index in [0.717, 1.165) is 0 Å². The lowest BCUT2D eigenvalue weighted by molar-refractivity contribution is -0.158. The zero-order valence-corrected chi connectivity index (χ0v) is 10.6. The summed E-state index contributed by atoms with van der Waals surface area (Å²) in [5.41, 5.74) is 10.7. The van der Waals surface area contributed by atoms with Crippen LogP contribution in [0.4, 0.5) is 0 Å². The number of nitrogens with two attached hydrogens (primary N) is 2. The smallest absolute Gasteiger partial charge is 0.323 e. The van der Waals surface area contributed by atoms with E-state index in [2.05, 4.69) is 0 Å². The Morgan fingerprint density at radius 1 is 1.24 bits per heavy atom. The van der Waals surface area contributed by atoms with E-state index in [9.17, 15) is 9.59 Å². The van der Waals surface area contributed by atoms with Gasteiger partial charge < -0.3 is 20.9 Å². The van der Waals surface area contributed by atoms with Gasteiger partial charge in [-0.3, -0.25) is 9.59 Å². The van der Waals surface area contributed by atoms with E-state index in [1.165, 1.54) is 0 Å². The van der Waals surface area contributed by atoms with Gasteiger partial charge in [0.25, 0.3) is 0 Å². The molecule has 0 fully saturated rings. The maximum absolute atomic E-state index is 11.5. The van der Waals surface area contributed by atoms with E-state index < -0.39 is 24.1 Å². The van der Waals surface area contributed by atoms with Crippen LogP contribution in [0.25, 0.3) is 0 Å². The summed E-state index contributed by atoms with van der Waals surface area (Å²) < 4.78 is 9.76. The van der Waals surface area contributed by atoms with Crippen molar-refractivity contribution in [3.63, 3.8) is 0 Å². The molecule has 4 N–H and O–H groups in total. The third kappa shape index (κ3) is 7.70. The molecular formula is C11H22N2O4. The number of carbonyl (C=O) groups excluding carboxylic acids is 2. The zero-order chi connectivity index (χ0) is 13.4. The van der Waals surface area contributed by atoms with Crippen molar-refractivity contribution in [1.29, 1.82) is 0 Å². The second-order valence-corrected chi connectivity index (χ2v) is 4.37. The number of carbonyl (C=O) groups is 2. The Labute approximate surface area is 102 Å². The lowest BCUT2D eigenvalue weighted by Crippen LogP contribution is -2.36. The van der Waals surface area contributed by atoms with Gasteiger partial charge in [-0.05, 0) is 19.3 Å². The second-order valence-electron chi connectivity index (χ2n) is 4.37. The third-order valence-electron chi connectivity index (χ3n) is 1.99. The van der Waals surface area contributed by atoms with Gasteiger partial charge in [-0.15, -0.1) is 0 Å². The van der Waals surface area contributed by atoms with Crippen LogP contribution in [0.15, 0.2) is 0 Å². The number of hydrogen-bond acceptors (Lipinski definition) is 6. The van der Waals surface area contributed by atoms with Gasteiger partial charge in [0, 0.05) is 0 Å². The fourth-order valence-electron chi connectivity index (χ4n) is 1.19. The lowest BCUT2D eigenvalue weighted by atomic mass is 10.1. The Balaban J connectivity index is 3.90. The Kier molecular flexibility index (Phi) is 7.49. The number of ether oxygens (including phenoxy) is 2. The maximum Gasteiger partial charge on any atom is 0.323 e. The van der Waals surface area contributed by atoms with Crippen molar-refractivity contribution in [2.45, 2.75) is 39.3 Å². The van der Waals surface area contributed by atoms with Gasteiger partial charge >= 0.3 is 11.9 Å². The van der Waals surface area contributed by atoms with Crippen LogP contribution in [-0.2, 0) is 19.1 Å². The zero-order valence-electron chi connectivity index (χ0n) is 10.6. The predicted octanol–water partition coefficient (Wildman–Crippen LogP) is -0.207. The third-order valence-corrected chi connectivity index (χ3v) is 1.99. The molecule has 0 heterocycles. The summed E-state index contributed by atoms with van der Waals surface area (Å²) in [5.74, 6) is -0.683. The molecule has 0 aliphatic carbocycles. The quantitative estimate of drug-likeness (QED) is 0.602. The molecule has 0 aromatic carbocycles. The van der Waals surface area contributed by atoms with E-state index in [4.69, 9.17) is 20.9 Å². The fourth-order valence-corrected chi connectivity index (χ4v) is 1.19. The van der Waals surface area contributed by atoms with E-state index in [1.807, 2.05) is 13.8 Å². The first-order chi connectivity index (χ1) is 7.86. The minimum atomic E-state index is -0.636.